The fraction of sp³-hybridized carbons (Fsp3) is 0.250. The van der Waals surface area contributed by atoms with E-state index >= 15 is 0 Å². The third-order valence-corrected chi connectivity index (χ3v) is 1.94. The normalized spacial score (nSPS) is 9.13. The topological polar surface area (TPSA) is 32.3 Å². The first-order valence-electron chi connectivity index (χ1n) is 4.65. The number of terminal acetylenes is 1. The highest BCUT2D eigenvalue weighted by Crippen LogP contribution is 2.09. The Morgan fingerprint density at radius 1 is 1.60 bits per heavy atom. The molecule has 0 aliphatic heterocycles. The number of amides is 2. The van der Waals surface area contributed by atoms with Crippen molar-refractivity contribution in [1.82, 2.24) is 4.90 Å². The lowest BCUT2D eigenvalue weighted by atomic mass is 10.2. The molecule has 0 radical (unpaired) electrons. The van der Waals surface area contributed by atoms with Crippen molar-refractivity contribution in [3.05, 3.63) is 29.8 Å². The summed E-state index contributed by atoms with van der Waals surface area (Å²) in [5.74, 6) is 2.41. The Kier molecular flexibility index (Phi) is 3.75. The molecule has 3 nitrogen and oxygen atoms in total. The summed E-state index contributed by atoms with van der Waals surface area (Å²) in [5.41, 5.74) is 1.89. The number of anilines is 1. The van der Waals surface area contributed by atoms with Crippen LogP contribution in [0.25, 0.3) is 0 Å². The second-order valence-electron chi connectivity index (χ2n) is 3.36. The van der Waals surface area contributed by atoms with Crippen molar-refractivity contribution in [3.63, 3.8) is 0 Å². The molecule has 0 saturated heterocycles. The predicted molar refractivity (Wildman–Crippen MR) is 61.7 cm³/mol. The molecule has 0 atom stereocenters. The maximum absolute atomic E-state index is 11.5. The van der Waals surface area contributed by atoms with Crippen LogP contribution < -0.4 is 5.32 Å². The van der Waals surface area contributed by atoms with Gasteiger partial charge in [-0.15, -0.1) is 6.42 Å². The molecule has 0 aliphatic rings. The largest absolute Gasteiger partial charge is 0.322 e. The van der Waals surface area contributed by atoms with Gasteiger partial charge in [0.05, 0.1) is 6.54 Å². The van der Waals surface area contributed by atoms with Crippen molar-refractivity contribution in [1.29, 1.82) is 0 Å². The Labute approximate surface area is 90.1 Å². The number of hydrogen-bond donors (Lipinski definition) is 1. The molecule has 2 amide bonds. The lowest BCUT2D eigenvalue weighted by molar-refractivity contribution is 0.227. The number of hydrogen-bond acceptors (Lipinski definition) is 1. The van der Waals surface area contributed by atoms with Gasteiger partial charge in [0.25, 0.3) is 0 Å². The number of benzene rings is 1. The van der Waals surface area contributed by atoms with Crippen molar-refractivity contribution >= 4 is 11.7 Å². The minimum absolute atomic E-state index is 0.196. The van der Waals surface area contributed by atoms with Gasteiger partial charge in [-0.3, -0.25) is 0 Å². The smallest absolute Gasteiger partial charge is 0.316 e. The van der Waals surface area contributed by atoms with Crippen LogP contribution in [0, 0.1) is 19.3 Å². The first-order valence-corrected chi connectivity index (χ1v) is 4.65. The van der Waals surface area contributed by atoms with Crippen LogP contribution in [-0.4, -0.2) is 24.5 Å². The minimum atomic E-state index is -0.196. The molecule has 0 aliphatic carbocycles. The Hall–Kier alpha value is -1.95. The van der Waals surface area contributed by atoms with Crippen LogP contribution in [0.4, 0.5) is 10.5 Å². The van der Waals surface area contributed by atoms with E-state index in [2.05, 4.69) is 11.2 Å². The Morgan fingerprint density at radius 3 is 2.93 bits per heavy atom. The van der Waals surface area contributed by atoms with Gasteiger partial charge in [0.2, 0.25) is 0 Å². The monoisotopic (exact) mass is 202 g/mol. The standard InChI is InChI=1S/C12H14N2O/c1-4-8-14(3)12(15)13-11-7-5-6-10(2)9-11/h1,5-7,9H,8H2,2-3H3,(H,13,15). The second-order valence-corrected chi connectivity index (χ2v) is 3.36. The van der Waals surface area contributed by atoms with Crippen molar-refractivity contribution in [3.8, 4) is 12.3 Å². The first kappa shape index (κ1) is 11.1. The van der Waals surface area contributed by atoms with Gasteiger partial charge in [0, 0.05) is 12.7 Å². The van der Waals surface area contributed by atoms with Crippen molar-refractivity contribution in [2.24, 2.45) is 0 Å². The zero-order chi connectivity index (χ0) is 11.3. The molecule has 0 unspecified atom stereocenters. The predicted octanol–water partition coefficient (Wildman–Crippen LogP) is 2.09. The third-order valence-electron chi connectivity index (χ3n) is 1.94. The first-order chi connectivity index (χ1) is 7.13. The highest BCUT2D eigenvalue weighted by Gasteiger charge is 2.06. The number of carbonyl (C=O) groups is 1. The summed E-state index contributed by atoms with van der Waals surface area (Å²) in [4.78, 5) is 13.0. The van der Waals surface area contributed by atoms with Gasteiger partial charge in [-0.1, -0.05) is 18.1 Å². The third kappa shape index (κ3) is 3.35. The number of rotatable bonds is 2. The summed E-state index contributed by atoms with van der Waals surface area (Å²) in [6.45, 7) is 2.28. The number of nitrogens with one attached hydrogen (secondary N) is 1. The van der Waals surface area contributed by atoms with E-state index in [0.29, 0.717) is 6.54 Å². The molecule has 0 saturated carbocycles. The summed E-state index contributed by atoms with van der Waals surface area (Å²) in [6, 6.07) is 7.42. The lowest BCUT2D eigenvalue weighted by Crippen LogP contribution is -2.31. The molecular formula is C12H14N2O. The van der Waals surface area contributed by atoms with Crippen molar-refractivity contribution < 1.29 is 4.79 Å². The van der Waals surface area contributed by atoms with Crippen molar-refractivity contribution in [2.45, 2.75) is 6.92 Å². The van der Waals surface area contributed by atoms with Gasteiger partial charge in [-0.25, -0.2) is 4.79 Å². The van der Waals surface area contributed by atoms with E-state index in [9.17, 15) is 4.79 Å². The van der Waals surface area contributed by atoms with E-state index in [4.69, 9.17) is 6.42 Å². The van der Waals surface area contributed by atoms with Gasteiger partial charge in [0.1, 0.15) is 0 Å². The van der Waals surface area contributed by atoms with Gasteiger partial charge in [-0.2, -0.15) is 0 Å². The van der Waals surface area contributed by atoms with Crippen LogP contribution in [0.2, 0.25) is 0 Å². The van der Waals surface area contributed by atoms with E-state index < -0.39 is 0 Å². The second kappa shape index (κ2) is 5.06. The van der Waals surface area contributed by atoms with E-state index in [1.54, 1.807) is 7.05 Å². The molecule has 0 bridgehead atoms. The summed E-state index contributed by atoms with van der Waals surface area (Å²) in [5, 5.41) is 2.76. The molecule has 3 heteroatoms. The van der Waals surface area contributed by atoms with E-state index in [-0.39, 0.29) is 6.03 Å². The van der Waals surface area contributed by atoms with Crippen molar-refractivity contribution in [2.75, 3.05) is 18.9 Å². The summed E-state index contributed by atoms with van der Waals surface area (Å²) < 4.78 is 0. The summed E-state index contributed by atoms with van der Waals surface area (Å²) in [6.07, 6.45) is 5.11. The minimum Gasteiger partial charge on any atom is -0.316 e. The van der Waals surface area contributed by atoms with Crippen LogP contribution in [-0.2, 0) is 0 Å². The number of nitrogens with zero attached hydrogens (tertiary/aromatic N) is 1. The van der Waals surface area contributed by atoms with Crippen LogP contribution in [0.5, 0.6) is 0 Å². The molecule has 1 aromatic rings. The number of carbonyl (C=O) groups excluding carboxylic acids is 1. The van der Waals surface area contributed by atoms with Crippen LogP contribution in [0.15, 0.2) is 24.3 Å². The van der Waals surface area contributed by atoms with Gasteiger partial charge < -0.3 is 10.2 Å². The Bertz CT molecular complexity index is 393. The zero-order valence-electron chi connectivity index (χ0n) is 8.95. The van der Waals surface area contributed by atoms with E-state index in [1.165, 1.54) is 4.90 Å². The molecule has 0 spiro atoms. The number of urea groups is 1. The maximum atomic E-state index is 11.5. The zero-order valence-corrected chi connectivity index (χ0v) is 8.95. The molecule has 1 rings (SSSR count). The Balaban J connectivity index is 2.63. The van der Waals surface area contributed by atoms with Crippen LogP contribution in [0.1, 0.15) is 5.56 Å². The van der Waals surface area contributed by atoms with Gasteiger partial charge in [0.15, 0.2) is 0 Å². The fourth-order valence-electron chi connectivity index (χ4n) is 1.15. The van der Waals surface area contributed by atoms with Gasteiger partial charge >= 0.3 is 6.03 Å². The molecule has 0 aromatic heterocycles. The average Bonchev–Trinajstić information content (AvgIpc) is 2.18. The molecule has 1 N–H and O–H groups in total. The highest BCUT2D eigenvalue weighted by molar-refractivity contribution is 5.89. The van der Waals surface area contributed by atoms with E-state index in [0.717, 1.165) is 11.3 Å². The molecule has 0 fully saturated rings. The van der Waals surface area contributed by atoms with Gasteiger partial charge in [-0.05, 0) is 24.6 Å². The highest BCUT2D eigenvalue weighted by atomic mass is 16.2. The number of aryl methyl sites for hydroxylation is 1. The molecule has 78 valence electrons. The summed E-state index contributed by atoms with van der Waals surface area (Å²) in [7, 11) is 1.66. The molecular weight excluding hydrogens is 188 g/mol. The molecule has 0 heterocycles. The Morgan fingerprint density at radius 2 is 2.33 bits per heavy atom. The maximum Gasteiger partial charge on any atom is 0.322 e. The van der Waals surface area contributed by atoms with Crippen LogP contribution in [0.3, 0.4) is 0 Å². The average molecular weight is 202 g/mol. The molecule has 15 heavy (non-hydrogen) atoms. The summed E-state index contributed by atoms with van der Waals surface area (Å²) >= 11 is 0. The van der Waals surface area contributed by atoms with Crippen LogP contribution >= 0.6 is 0 Å². The quantitative estimate of drug-likeness (QED) is 0.732. The SMILES string of the molecule is C#CCN(C)C(=O)Nc1cccc(C)c1. The van der Waals surface area contributed by atoms with E-state index in [1.807, 2.05) is 31.2 Å². The lowest BCUT2D eigenvalue weighted by Gasteiger charge is -2.15. The molecule has 1 aromatic carbocycles. The fourth-order valence-corrected chi connectivity index (χ4v) is 1.15.